The highest BCUT2D eigenvalue weighted by atomic mass is 16.5. The molecule has 0 unspecified atom stereocenters. The molecule has 1 aromatic heterocycles. The van der Waals surface area contributed by atoms with Gasteiger partial charge in [-0.2, -0.15) is 0 Å². The normalized spacial score (nSPS) is 16.0. The molecule has 7 nitrogen and oxygen atoms in total. The number of aryl methyl sites for hydroxylation is 1. The van der Waals surface area contributed by atoms with Crippen molar-refractivity contribution in [2.45, 2.75) is 25.2 Å². The summed E-state index contributed by atoms with van der Waals surface area (Å²) in [6.45, 7) is 3.13. The van der Waals surface area contributed by atoms with Crippen LogP contribution in [0.5, 0.6) is 0 Å². The van der Waals surface area contributed by atoms with E-state index in [9.17, 15) is 4.79 Å². The molecule has 0 atom stereocenters. The van der Waals surface area contributed by atoms with Crippen LogP contribution in [0.15, 0.2) is 54.9 Å². The Kier molecular flexibility index (Phi) is 4.68. The molecule has 27 heavy (non-hydrogen) atoms. The van der Waals surface area contributed by atoms with Crippen molar-refractivity contribution in [1.29, 1.82) is 0 Å². The highest BCUT2D eigenvalue weighted by Gasteiger charge is 2.41. The Morgan fingerprint density at radius 3 is 2.59 bits per heavy atom. The molecule has 7 heteroatoms. The second kappa shape index (κ2) is 7.28. The number of nitrogens with one attached hydrogen (secondary N) is 1. The van der Waals surface area contributed by atoms with Gasteiger partial charge in [0, 0.05) is 18.9 Å². The highest BCUT2D eigenvalue weighted by molar-refractivity contribution is 5.99. The Bertz CT molecular complexity index is 919. The molecule has 0 spiro atoms. The van der Waals surface area contributed by atoms with Crippen LogP contribution < -0.4 is 5.32 Å². The van der Waals surface area contributed by atoms with E-state index in [1.807, 2.05) is 55.5 Å². The number of hydrogen-bond acceptors (Lipinski definition) is 5. The van der Waals surface area contributed by atoms with Gasteiger partial charge in [-0.3, -0.25) is 4.79 Å². The predicted molar refractivity (Wildman–Crippen MR) is 101 cm³/mol. The molecule has 138 valence electrons. The van der Waals surface area contributed by atoms with Gasteiger partial charge in [-0.05, 0) is 59.5 Å². The van der Waals surface area contributed by atoms with Crippen LogP contribution in [0.25, 0.3) is 5.69 Å². The van der Waals surface area contributed by atoms with E-state index in [0.29, 0.717) is 26.1 Å². The van der Waals surface area contributed by atoms with E-state index in [0.717, 1.165) is 22.5 Å². The fraction of sp³-hybridized carbons (Fsp3) is 0.300. The Labute approximate surface area is 157 Å². The maximum absolute atomic E-state index is 13.3. The van der Waals surface area contributed by atoms with Crippen LogP contribution in [0.3, 0.4) is 0 Å². The molecule has 0 saturated carbocycles. The first-order valence-electron chi connectivity index (χ1n) is 8.98. The molecule has 2 heterocycles. The second-order valence-electron chi connectivity index (χ2n) is 6.77. The van der Waals surface area contributed by atoms with Crippen molar-refractivity contribution >= 4 is 11.6 Å². The lowest BCUT2D eigenvalue weighted by Crippen LogP contribution is -2.44. The summed E-state index contributed by atoms with van der Waals surface area (Å²) in [6, 6.07) is 15.7. The largest absolute Gasteiger partial charge is 0.381 e. The standard InChI is InChI=1S/C20H21N5O2/c1-15-13-17(7-8-18(15)25-14-21-23-24-25)22-19(26)20(9-11-27-12-10-20)16-5-3-2-4-6-16/h2-8,13-14H,9-12H2,1H3,(H,22,26). The SMILES string of the molecule is Cc1cc(NC(=O)C2(c3ccccc3)CCOCC2)ccc1-n1cnnn1. The van der Waals surface area contributed by atoms with E-state index in [-0.39, 0.29) is 5.91 Å². The van der Waals surface area contributed by atoms with Crippen LogP contribution in [-0.2, 0) is 14.9 Å². The minimum Gasteiger partial charge on any atom is -0.381 e. The minimum atomic E-state index is -0.568. The summed E-state index contributed by atoms with van der Waals surface area (Å²) in [7, 11) is 0. The lowest BCUT2D eigenvalue weighted by molar-refractivity contribution is -0.125. The number of carbonyl (C=O) groups is 1. The molecule has 1 aliphatic rings. The number of hydrogen-bond donors (Lipinski definition) is 1. The lowest BCUT2D eigenvalue weighted by Gasteiger charge is -2.36. The van der Waals surface area contributed by atoms with Gasteiger partial charge in [-0.1, -0.05) is 30.3 Å². The van der Waals surface area contributed by atoms with Crippen molar-refractivity contribution in [1.82, 2.24) is 20.2 Å². The van der Waals surface area contributed by atoms with E-state index in [2.05, 4.69) is 20.8 Å². The smallest absolute Gasteiger partial charge is 0.235 e. The van der Waals surface area contributed by atoms with Crippen LogP contribution in [-0.4, -0.2) is 39.3 Å². The second-order valence-corrected chi connectivity index (χ2v) is 6.77. The predicted octanol–water partition coefficient (Wildman–Crippen LogP) is 2.66. The Hall–Kier alpha value is -3.06. The number of nitrogens with zero attached hydrogens (tertiary/aromatic N) is 4. The number of benzene rings is 2. The summed E-state index contributed by atoms with van der Waals surface area (Å²) in [5, 5.41) is 14.4. The van der Waals surface area contributed by atoms with Gasteiger partial charge in [0.25, 0.3) is 0 Å². The molecule has 1 fully saturated rings. The zero-order chi connectivity index (χ0) is 18.7. The minimum absolute atomic E-state index is 0.00609. The highest BCUT2D eigenvalue weighted by Crippen LogP contribution is 2.36. The quantitative estimate of drug-likeness (QED) is 0.771. The number of rotatable bonds is 4. The Morgan fingerprint density at radius 1 is 1.15 bits per heavy atom. The van der Waals surface area contributed by atoms with Crippen molar-refractivity contribution < 1.29 is 9.53 Å². The molecular formula is C20H21N5O2. The van der Waals surface area contributed by atoms with Crippen molar-refractivity contribution in [3.8, 4) is 5.69 Å². The maximum Gasteiger partial charge on any atom is 0.235 e. The van der Waals surface area contributed by atoms with Gasteiger partial charge in [0.15, 0.2) is 0 Å². The number of tetrazole rings is 1. The van der Waals surface area contributed by atoms with Gasteiger partial charge in [0.2, 0.25) is 5.91 Å². The topological polar surface area (TPSA) is 81.9 Å². The van der Waals surface area contributed by atoms with E-state index in [4.69, 9.17) is 4.74 Å². The molecule has 0 bridgehead atoms. The first-order chi connectivity index (χ1) is 13.2. The third kappa shape index (κ3) is 3.33. The Morgan fingerprint density at radius 2 is 1.93 bits per heavy atom. The third-order valence-electron chi connectivity index (χ3n) is 5.16. The molecule has 4 rings (SSSR count). The van der Waals surface area contributed by atoms with Gasteiger partial charge >= 0.3 is 0 Å². The molecule has 2 aromatic carbocycles. The number of anilines is 1. The average Bonchev–Trinajstić information content (AvgIpc) is 3.24. The molecule has 1 N–H and O–H groups in total. The molecule has 0 radical (unpaired) electrons. The number of amides is 1. The molecular weight excluding hydrogens is 342 g/mol. The van der Waals surface area contributed by atoms with Crippen LogP contribution >= 0.6 is 0 Å². The summed E-state index contributed by atoms with van der Waals surface area (Å²) < 4.78 is 7.12. The van der Waals surface area contributed by atoms with Crippen molar-refractivity contribution in [2.24, 2.45) is 0 Å². The van der Waals surface area contributed by atoms with Crippen LogP contribution in [0.1, 0.15) is 24.0 Å². The van der Waals surface area contributed by atoms with Gasteiger partial charge in [0.05, 0.1) is 11.1 Å². The van der Waals surface area contributed by atoms with Crippen LogP contribution in [0.2, 0.25) is 0 Å². The average molecular weight is 363 g/mol. The monoisotopic (exact) mass is 363 g/mol. The molecule has 1 aliphatic heterocycles. The molecule has 1 amide bonds. The molecule has 3 aromatic rings. The summed E-state index contributed by atoms with van der Waals surface area (Å²) in [5.41, 5.74) is 3.08. The first-order valence-corrected chi connectivity index (χ1v) is 8.98. The number of carbonyl (C=O) groups excluding carboxylic acids is 1. The zero-order valence-electron chi connectivity index (χ0n) is 15.1. The Balaban J connectivity index is 1.61. The maximum atomic E-state index is 13.3. The van der Waals surface area contributed by atoms with E-state index < -0.39 is 5.41 Å². The third-order valence-corrected chi connectivity index (χ3v) is 5.16. The van der Waals surface area contributed by atoms with Gasteiger partial charge in [-0.25, -0.2) is 4.68 Å². The summed E-state index contributed by atoms with van der Waals surface area (Å²) in [4.78, 5) is 13.3. The van der Waals surface area contributed by atoms with Gasteiger partial charge < -0.3 is 10.1 Å². The fourth-order valence-electron chi connectivity index (χ4n) is 3.64. The summed E-state index contributed by atoms with van der Waals surface area (Å²) in [5.74, 6) is 0.00609. The summed E-state index contributed by atoms with van der Waals surface area (Å²) in [6.07, 6.45) is 2.89. The van der Waals surface area contributed by atoms with E-state index >= 15 is 0 Å². The van der Waals surface area contributed by atoms with E-state index in [1.54, 1.807) is 11.0 Å². The number of ether oxygens (including phenoxy) is 1. The van der Waals surface area contributed by atoms with Gasteiger partial charge in [-0.15, -0.1) is 5.10 Å². The molecule has 0 aliphatic carbocycles. The van der Waals surface area contributed by atoms with Crippen molar-refractivity contribution in [2.75, 3.05) is 18.5 Å². The lowest BCUT2D eigenvalue weighted by atomic mass is 9.73. The van der Waals surface area contributed by atoms with E-state index in [1.165, 1.54) is 0 Å². The zero-order valence-corrected chi connectivity index (χ0v) is 15.1. The van der Waals surface area contributed by atoms with Gasteiger partial charge in [0.1, 0.15) is 6.33 Å². The van der Waals surface area contributed by atoms with Crippen LogP contribution in [0, 0.1) is 6.92 Å². The van der Waals surface area contributed by atoms with Crippen molar-refractivity contribution in [3.63, 3.8) is 0 Å². The number of aromatic nitrogens is 4. The molecule has 1 saturated heterocycles. The summed E-state index contributed by atoms with van der Waals surface area (Å²) >= 11 is 0. The van der Waals surface area contributed by atoms with Crippen molar-refractivity contribution in [3.05, 3.63) is 66.0 Å². The van der Waals surface area contributed by atoms with Crippen LogP contribution in [0.4, 0.5) is 5.69 Å². The fourth-order valence-corrected chi connectivity index (χ4v) is 3.64. The first kappa shape index (κ1) is 17.4.